The molecule has 1 saturated carbocycles. The Balaban J connectivity index is 1.32. The Morgan fingerprint density at radius 1 is 1.08 bits per heavy atom. The van der Waals surface area contributed by atoms with Crippen LogP contribution in [0, 0.1) is 11.8 Å². The maximum atomic E-state index is 12.6. The monoisotopic (exact) mass is 357 g/mol. The highest BCUT2D eigenvalue weighted by molar-refractivity contribution is 6.30. The van der Waals surface area contributed by atoms with E-state index < -0.39 is 0 Å². The first-order valence-electron chi connectivity index (χ1n) is 8.75. The summed E-state index contributed by atoms with van der Waals surface area (Å²) in [5.41, 5.74) is 0.703. The molecule has 2 aliphatic rings. The minimum absolute atomic E-state index is 0.00898. The van der Waals surface area contributed by atoms with Gasteiger partial charge < -0.3 is 9.32 Å². The second kappa shape index (κ2) is 6.68. The van der Waals surface area contributed by atoms with Gasteiger partial charge in [-0.2, -0.15) is 0 Å². The molecule has 4 nitrogen and oxygen atoms in total. The van der Waals surface area contributed by atoms with Crippen LogP contribution >= 0.6 is 11.6 Å². The lowest BCUT2D eigenvalue weighted by molar-refractivity contribution is -0.133. The van der Waals surface area contributed by atoms with Crippen LogP contribution in [0.3, 0.4) is 0 Å². The van der Waals surface area contributed by atoms with Crippen molar-refractivity contribution in [1.29, 1.82) is 0 Å². The van der Waals surface area contributed by atoms with E-state index in [9.17, 15) is 9.59 Å². The summed E-state index contributed by atoms with van der Waals surface area (Å²) in [5.74, 6) is 1.55. The van der Waals surface area contributed by atoms with E-state index in [1.807, 2.05) is 17.0 Å². The molecular weight excluding hydrogens is 338 g/mol. The fraction of sp³-hybridized carbons (Fsp3) is 0.400. The summed E-state index contributed by atoms with van der Waals surface area (Å²) in [6.07, 6.45) is 3.98. The largest absolute Gasteiger partial charge is 0.469 e. The predicted molar refractivity (Wildman–Crippen MR) is 94.6 cm³/mol. The Morgan fingerprint density at radius 3 is 2.44 bits per heavy atom. The van der Waals surface area contributed by atoms with E-state index in [1.165, 1.54) is 0 Å². The van der Waals surface area contributed by atoms with Crippen molar-refractivity contribution in [3.8, 4) is 0 Å². The van der Waals surface area contributed by atoms with Gasteiger partial charge in [0, 0.05) is 41.4 Å². The van der Waals surface area contributed by atoms with Gasteiger partial charge in [0.2, 0.25) is 5.91 Å². The average Bonchev–Trinajstić information content (AvgIpc) is 3.26. The number of carbonyl (C=O) groups excluding carboxylic acids is 2. The highest BCUT2D eigenvalue weighted by Crippen LogP contribution is 2.48. The number of piperidine rings is 1. The lowest BCUT2D eigenvalue weighted by Crippen LogP contribution is -2.41. The van der Waals surface area contributed by atoms with E-state index >= 15 is 0 Å². The minimum atomic E-state index is -0.00898. The van der Waals surface area contributed by atoms with Gasteiger partial charge in [-0.3, -0.25) is 9.59 Å². The molecule has 5 heteroatoms. The molecule has 0 spiro atoms. The third-order valence-corrected chi connectivity index (χ3v) is 5.57. The van der Waals surface area contributed by atoms with Gasteiger partial charge in [0.15, 0.2) is 5.78 Å². The standard InChI is InChI=1S/C20H20ClNO3/c21-15-5-3-13(4-6-15)19(23)14-7-9-22(10-8-14)20(24)17-12-16(17)18-2-1-11-25-18/h1-6,11,14,16-17H,7-10,12H2. The Labute approximate surface area is 151 Å². The molecule has 0 N–H and O–H groups in total. The highest BCUT2D eigenvalue weighted by Gasteiger charge is 2.48. The highest BCUT2D eigenvalue weighted by atomic mass is 35.5. The van der Waals surface area contributed by atoms with Crippen molar-refractivity contribution in [2.75, 3.05) is 13.1 Å². The molecule has 2 unspecified atom stereocenters. The maximum absolute atomic E-state index is 12.6. The fourth-order valence-electron chi connectivity index (χ4n) is 3.73. The Kier molecular flexibility index (Phi) is 4.38. The van der Waals surface area contributed by atoms with Gasteiger partial charge in [-0.05, 0) is 55.7 Å². The molecular formula is C20H20ClNO3. The van der Waals surface area contributed by atoms with Crippen LogP contribution in [-0.4, -0.2) is 29.7 Å². The van der Waals surface area contributed by atoms with Gasteiger partial charge in [0.05, 0.1) is 6.26 Å². The van der Waals surface area contributed by atoms with E-state index in [2.05, 4.69) is 0 Å². The average molecular weight is 358 g/mol. The van der Waals surface area contributed by atoms with Crippen molar-refractivity contribution in [1.82, 2.24) is 4.90 Å². The van der Waals surface area contributed by atoms with Crippen LogP contribution in [0.5, 0.6) is 0 Å². The van der Waals surface area contributed by atoms with Gasteiger partial charge in [-0.1, -0.05) is 11.6 Å². The van der Waals surface area contributed by atoms with Gasteiger partial charge in [-0.25, -0.2) is 0 Å². The third kappa shape index (κ3) is 3.36. The molecule has 1 saturated heterocycles. The Morgan fingerprint density at radius 2 is 1.80 bits per heavy atom. The summed E-state index contributed by atoms with van der Waals surface area (Å²) < 4.78 is 5.41. The number of rotatable bonds is 4. The van der Waals surface area contributed by atoms with Crippen LogP contribution < -0.4 is 0 Å². The molecule has 0 bridgehead atoms. The second-order valence-electron chi connectivity index (χ2n) is 6.93. The zero-order chi connectivity index (χ0) is 17.4. The van der Waals surface area contributed by atoms with Crippen molar-refractivity contribution in [2.45, 2.75) is 25.2 Å². The van der Waals surface area contributed by atoms with Crippen LogP contribution in [0.2, 0.25) is 5.02 Å². The van der Waals surface area contributed by atoms with E-state index in [4.69, 9.17) is 16.0 Å². The molecule has 1 aromatic heterocycles. The van der Waals surface area contributed by atoms with Crippen LogP contribution in [0.4, 0.5) is 0 Å². The van der Waals surface area contributed by atoms with Gasteiger partial charge in [0.25, 0.3) is 0 Å². The normalized spacial score (nSPS) is 23.5. The smallest absolute Gasteiger partial charge is 0.226 e. The lowest BCUT2D eigenvalue weighted by Gasteiger charge is -2.31. The number of hydrogen-bond donors (Lipinski definition) is 0. The number of hydrogen-bond acceptors (Lipinski definition) is 3. The van der Waals surface area contributed by atoms with E-state index in [1.54, 1.807) is 30.5 Å². The molecule has 0 radical (unpaired) electrons. The number of likely N-dealkylation sites (tertiary alicyclic amines) is 1. The molecule has 4 rings (SSSR count). The Hall–Kier alpha value is -2.07. The zero-order valence-electron chi connectivity index (χ0n) is 13.9. The first-order chi connectivity index (χ1) is 12.1. The first kappa shape index (κ1) is 16.4. The maximum Gasteiger partial charge on any atom is 0.226 e. The molecule has 2 fully saturated rings. The summed E-state index contributed by atoms with van der Waals surface area (Å²) in [6.45, 7) is 1.31. The third-order valence-electron chi connectivity index (χ3n) is 5.32. The predicted octanol–water partition coefficient (Wildman–Crippen LogP) is 4.16. The van der Waals surface area contributed by atoms with Crippen LogP contribution in [0.15, 0.2) is 47.1 Å². The Bertz CT molecular complexity index is 761. The number of carbonyl (C=O) groups is 2. The minimum Gasteiger partial charge on any atom is -0.469 e. The lowest BCUT2D eigenvalue weighted by atomic mass is 9.88. The number of Topliss-reactive ketones (excluding diaryl/α,β-unsaturated/α-hetero) is 1. The fourth-order valence-corrected chi connectivity index (χ4v) is 3.86. The van der Waals surface area contributed by atoms with E-state index in [-0.39, 0.29) is 29.4 Å². The molecule has 2 heterocycles. The molecule has 2 atom stereocenters. The molecule has 2 aromatic rings. The second-order valence-corrected chi connectivity index (χ2v) is 7.37. The quantitative estimate of drug-likeness (QED) is 0.772. The number of nitrogens with zero attached hydrogens (tertiary/aromatic N) is 1. The molecule has 25 heavy (non-hydrogen) atoms. The SMILES string of the molecule is O=C(c1ccc(Cl)cc1)C1CCN(C(=O)C2CC2c2ccco2)CC1. The van der Waals surface area contributed by atoms with Gasteiger partial charge in [0.1, 0.15) is 5.76 Å². The topological polar surface area (TPSA) is 50.5 Å². The number of benzene rings is 1. The summed E-state index contributed by atoms with van der Waals surface area (Å²) in [4.78, 5) is 27.1. The van der Waals surface area contributed by atoms with Gasteiger partial charge >= 0.3 is 0 Å². The summed E-state index contributed by atoms with van der Waals surface area (Å²) in [5, 5.41) is 0.632. The molecule has 1 aliphatic heterocycles. The molecule has 1 aromatic carbocycles. The summed E-state index contributed by atoms with van der Waals surface area (Å²) >= 11 is 5.88. The van der Waals surface area contributed by atoms with Crippen LogP contribution in [-0.2, 0) is 4.79 Å². The number of amides is 1. The zero-order valence-corrected chi connectivity index (χ0v) is 14.6. The van der Waals surface area contributed by atoms with Crippen molar-refractivity contribution < 1.29 is 14.0 Å². The van der Waals surface area contributed by atoms with Crippen molar-refractivity contribution in [3.05, 3.63) is 59.0 Å². The van der Waals surface area contributed by atoms with Crippen LogP contribution in [0.1, 0.15) is 41.3 Å². The number of ketones is 1. The summed E-state index contributed by atoms with van der Waals surface area (Å²) in [6, 6.07) is 10.9. The first-order valence-corrected chi connectivity index (χ1v) is 9.13. The number of halogens is 1. The molecule has 1 amide bonds. The summed E-state index contributed by atoms with van der Waals surface area (Å²) in [7, 11) is 0. The molecule has 130 valence electrons. The van der Waals surface area contributed by atoms with Crippen molar-refractivity contribution in [3.63, 3.8) is 0 Å². The van der Waals surface area contributed by atoms with E-state index in [0.29, 0.717) is 23.7 Å². The number of furan rings is 1. The van der Waals surface area contributed by atoms with E-state index in [0.717, 1.165) is 25.0 Å². The van der Waals surface area contributed by atoms with Crippen molar-refractivity contribution >= 4 is 23.3 Å². The molecule has 1 aliphatic carbocycles. The van der Waals surface area contributed by atoms with Gasteiger partial charge in [-0.15, -0.1) is 0 Å². The van der Waals surface area contributed by atoms with Crippen LogP contribution in [0.25, 0.3) is 0 Å². The van der Waals surface area contributed by atoms with Crippen molar-refractivity contribution in [2.24, 2.45) is 11.8 Å².